The summed E-state index contributed by atoms with van der Waals surface area (Å²) >= 11 is 0. The van der Waals surface area contributed by atoms with E-state index in [1.807, 2.05) is 46.8 Å². The number of nitrogens with one attached hydrogen (secondary N) is 2. The van der Waals surface area contributed by atoms with Crippen molar-refractivity contribution in [2.75, 3.05) is 17.7 Å². The van der Waals surface area contributed by atoms with Gasteiger partial charge in [0.05, 0.1) is 18.5 Å². The number of methoxy groups -OCH3 is 1. The van der Waals surface area contributed by atoms with Gasteiger partial charge in [0.15, 0.2) is 0 Å². The van der Waals surface area contributed by atoms with Gasteiger partial charge in [0.2, 0.25) is 5.91 Å². The van der Waals surface area contributed by atoms with Gasteiger partial charge in [-0.05, 0) is 44.0 Å². The predicted molar refractivity (Wildman–Crippen MR) is 105 cm³/mol. The second-order valence-corrected chi connectivity index (χ2v) is 6.78. The van der Waals surface area contributed by atoms with Crippen LogP contribution in [0.25, 0.3) is 0 Å². The first-order chi connectivity index (χ1) is 12.2. The zero-order valence-electron chi connectivity index (χ0n) is 16.2. The monoisotopic (exact) mass is 354 g/mol. The highest BCUT2D eigenvalue weighted by Gasteiger charge is 2.17. The summed E-state index contributed by atoms with van der Waals surface area (Å²) in [5.74, 6) is 0.0951. The molecule has 0 aliphatic rings. The molecule has 2 amide bonds. The average Bonchev–Trinajstić information content (AvgIpc) is 2.55. The van der Waals surface area contributed by atoms with Crippen molar-refractivity contribution in [2.24, 2.45) is 5.92 Å². The highest BCUT2D eigenvalue weighted by molar-refractivity contribution is 6.09. The van der Waals surface area contributed by atoms with Crippen LogP contribution in [0.5, 0.6) is 5.75 Å². The standard InChI is InChI=1S/C21H26N2O3/c1-12(2)20(24)23-18-11-16(26-6)7-8-17(18)22-21(25)19-14(4)9-13(3)10-15(19)5/h7-12H,1-6H3,(H,22,25)(H,23,24). The van der Waals surface area contributed by atoms with E-state index in [2.05, 4.69) is 10.6 Å². The third kappa shape index (κ3) is 4.42. The SMILES string of the molecule is COc1ccc(NC(=O)c2c(C)cc(C)cc2C)c(NC(=O)C(C)C)c1. The molecule has 0 aliphatic heterocycles. The third-order valence-corrected chi connectivity index (χ3v) is 4.16. The molecule has 2 N–H and O–H groups in total. The largest absolute Gasteiger partial charge is 0.497 e. The number of rotatable bonds is 5. The Bertz CT molecular complexity index is 818. The maximum absolute atomic E-state index is 12.8. The number of amides is 2. The van der Waals surface area contributed by atoms with Crippen molar-refractivity contribution < 1.29 is 14.3 Å². The number of aryl methyl sites for hydroxylation is 3. The van der Waals surface area contributed by atoms with Gasteiger partial charge in [-0.1, -0.05) is 31.5 Å². The molecule has 138 valence electrons. The van der Waals surface area contributed by atoms with Crippen molar-refractivity contribution in [3.05, 3.63) is 52.6 Å². The fourth-order valence-corrected chi connectivity index (χ4v) is 2.86. The molecular weight excluding hydrogens is 328 g/mol. The normalized spacial score (nSPS) is 10.6. The van der Waals surface area contributed by atoms with Crippen LogP contribution in [0, 0.1) is 26.7 Å². The first-order valence-electron chi connectivity index (χ1n) is 8.61. The zero-order valence-corrected chi connectivity index (χ0v) is 16.2. The number of hydrogen-bond acceptors (Lipinski definition) is 3. The van der Waals surface area contributed by atoms with Gasteiger partial charge in [-0.15, -0.1) is 0 Å². The second-order valence-electron chi connectivity index (χ2n) is 6.78. The van der Waals surface area contributed by atoms with E-state index in [9.17, 15) is 9.59 Å². The van der Waals surface area contributed by atoms with E-state index in [0.29, 0.717) is 22.7 Å². The highest BCUT2D eigenvalue weighted by Crippen LogP contribution is 2.29. The summed E-state index contributed by atoms with van der Waals surface area (Å²) < 4.78 is 5.23. The van der Waals surface area contributed by atoms with Crippen LogP contribution >= 0.6 is 0 Å². The van der Waals surface area contributed by atoms with Gasteiger partial charge in [0, 0.05) is 17.5 Å². The van der Waals surface area contributed by atoms with E-state index < -0.39 is 0 Å². The van der Waals surface area contributed by atoms with Gasteiger partial charge in [-0.25, -0.2) is 0 Å². The van der Waals surface area contributed by atoms with Crippen LogP contribution in [-0.4, -0.2) is 18.9 Å². The Labute approximate surface area is 154 Å². The molecule has 0 spiro atoms. The lowest BCUT2D eigenvalue weighted by Crippen LogP contribution is -2.21. The van der Waals surface area contributed by atoms with Crippen molar-refractivity contribution >= 4 is 23.2 Å². The minimum Gasteiger partial charge on any atom is -0.497 e. The number of hydrogen-bond donors (Lipinski definition) is 2. The Morgan fingerprint density at radius 1 is 0.923 bits per heavy atom. The molecule has 26 heavy (non-hydrogen) atoms. The Morgan fingerprint density at radius 2 is 1.54 bits per heavy atom. The summed E-state index contributed by atoms with van der Waals surface area (Å²) in [7, 11) is 1.56. The van der Waals surface area contributed by atoms with Gasteiger partial charge in [0.25, 0.3) is 5.91 Å². The minimum atomic E-state index is -0.204. The minimum absolute atomic E-state index is 0.128. The lowest BCUT2D eigenvalue weighted by atomic mass is 9.99. The van der Waals surface area contributed by atoms with Crippen molar-refractivity contribution in [3.63, 3.8) is 0 Å². The summed E-state index contributed by atoms with van der Waals surface area (Å²) in [4.78, 5) is 24.9. The van der Waals surface area contributed by atoms with Crippen molar-refractivity contribution in [3.8, 4) is 5.75 Å². The molecule has 0 aliphatic carbocycles. The van der Waals surface area contributed by atoms with E-state index in [0.717, 1.165) is 16.7 Å². The van der Waals surface area contributed by atoms with Gasteiger partial charge < -0.3 is 15.4 Å². The molecule has 0 unspecified atom stereocenters. The highest BCUT2D eigenvalue weighted by atomic mass is 16.5. The average molecular weight is 354 g/mol. The van der Waals surface area contributed by atoms with E-state index in [1.165, 1.54) is 0 Å². The molecule has 0 fully saturated rings. The maximum atomic E-state index is 12.8. The fourth-order valence-electron chi connectivity index (χ4n) is 2.86. The summed E-state index contributed by atoms with van der Waals surface area (Å²) in [6.45, 7) is 9.47. The van der Waals surface area contributed by atoms with Crippen LogP contribution in [0.2, 0.25) is 0 Å². The zero-order chi connectivity index (χ0) is 19.4. The van der Waals surface area contributed by atoms with Crippen molar-refractivity contribution in [1.82, 2.24) is 0 Å². The number of carbonyl (C=O) groups is 2. The number of benzene rings is 2. The van der Waals surface area contributed by atoms with Crippen LogP contribution < -0.4 is 15.4 Å². The predicted octanol–water partition coefficient (Wildman–Crippen LogP) is 4.47. The molecular formula is C21H26N2O3. The summed E-state index contributed by atoms with van der Waals surface area (Å²) in [5, 5.41) is 5.76. The molecule has 2 aromatic carbocycles. The van der Waals surface area contributed by atoms with Crippen LogP contribution in [0.4, 0.5) is 11.4 Å². The first kappa shape index (κ1) is 19.5. The first-order valence-corrected chi connectivity index (χ1v) is 8.61. The molecule has 0 heterocycles. The molecule has 0 bridgehead atoms. The van der Waals surface area contributed by atoms with Crippen LogP contribution in [-0.2, 0) is 4.79 Å². The van der Waals surface area contributed by atoms with Gasteiger partial charge in [-0.3, -0.25) is 9.59 Å². The quantitative estimate of drug-likeness (QED) is 0.832. The van der Waals surface area contributed by atoms with E-state index in [1.54, 1.807) is 25.3 Å². The number of ether oxygens (including phenoxy) is 1. The second kappa shape index (κ2) is 8.04. The Balaban J connectivity index is 2.36. The topological polar surface area (TPSA) is 67.4 Å². The molecule has 5 nitrogen and oxygen atoms in total. The van der Waals surface area contributed by atoms with Crippen LogP contribution in [0.1, 0.15) is 40.9 Å². The lowest BCUT2D eigenvalue weighted by Gasteiger charge is -2.16. The third-order valence-electron chi connectivity index (χ3n) is 4.16. The van der Waals surface area contributed by atoms with Crippen LogP contribution in [0.15, 0.2) is 30.3 Å². The van der Waals surface area contributed by atoms with Gasteiger partial charge in [-0.2, -0.15) is 0 Å². The molecule has 0 atom stereocenters. The van der Waals surface area contributed by atoms with E-state index in [-0.39, 0.29) is 17.7 Å². The summed E-state index contributed by atoms with van der Waals surface area (Å²) in [5.41, 5.74) is 4.64. The Morgan fingerprint density at radius 3 is 2.08 bits per heavy atom. The maximum Gasteiger partial charge on any atom is 0.256 e. The lowest BCUT2D eigenvalue weighted by molar-refractivity contribution is -0.118. The molecule has 0 saturated heterocycles. The Hall–Kier alpha value is -2.82. The van der Waals surface area contributed by atoms with Gasteiger partial charge in [0.1, 0.15) is 5.75 Å². The van der Waals surface area contributed by atoms with E-state index in [4.69, 9.17) is 4.74 Å². The Kier molecular flexibility index (Phi) is 6.03. The number of anilines is 2. The van der Waals surface area contributed by atoms with Crippen LogP contribution in [0.3, 0.4) is 0 Å². The molecule has 0 radical (unpaired) electrons. The molecule has 0 saturated carbocycles. The van der Waals surface area contributed by atoms with Gasteiger partial charge >= 0.3 is 0 Å². The fraction of sp³-hybridized carbons (Fsp3) is 0.333. The summed E-state index contributed by atoms with van der Waals surface area (Å²) in [6.07, 6.45) is 0. The molecule has 5 heteroatoms. The van der Waals surface area contributed by atoms with Crippen molar-refractivity contribution in [2.45, 2.75) is 34.6 Å². The smallest absolute Gasteiger partial charge is 0.256 e. The number of carbonyl (C=O) groups excluding carboxylic acids is 2. The molecule has 0 aromatic heterocycles. The molecule has 2 aromatic rings. The van der Waals surface area contributed by atoms with E-state index >= 15 is 0 Å². The summed E-state index contributed by atoms with van der Waals surface area (Å²) in [6, 6.07) is 9.14. The van der Waals surface area contributed by atoms with Crippen molar-refractivity contribution in [1.29, 1.82) is 0 Å². The molecule has 2 rings (SSSR count).